The third kappa shape index (κ3) is 3.48. The summed E-state index contributed by atoms with van der Waals surface area (Å²) in [5.74, 6) is 0.307. The predicted octanol–water partition coefficient (Wildman–Crippen LogP) is 6.21. The molecule has 3 aliphatic rings. The SMILES string of the molecule is CC1=CCC=C(C2=CN=C3C(CCc4cccc(C)c4)=CC=CC23)C=C1. The molecule has 1 heteroatoms. The quantitative estimate of drug-likeness (QED) is 0.618. The van der Waals surface area contributed by atoms with Crippen LogP contribution in [0.15, 0.2) is 100 Å². The van der Waals surface area contributed by atoms with Gasteiger partial charge < -0.3 is 0 Å². The number of fused-ring (bicyclic) bond motifs is 1. The summed E-state index contributed by atoms with van der Waals surface area (Å²) < 4.78 is 0. The molecule has 1 atom stereocenters. The number of aryl methyl sites for hydroxylation is 2. The van der Waals surface area contributed by atoms with Gasteiger partial charge in [0, 0.05) is 12.1 Å². The Morgan fingerprint density at radius 1 is 1.08 bits per heavy atom. The summed E-state index contributed by atoms with van der Waals surface area (Å²) >= 11 is 0. The molecule has 0 fully saturated rings. The molecule has 0 bridgehead atoms. The number of hydrogen-bond donors (Lipinski definition) is 0. The molecule has 0 amide bonds. The van der Waals surface area contributed by atoms with Gasteiger partial charge in [0.15, 0.2) is 0 Å². The summed E-state index contributed by atoms with van der Waals surface area (Å²) in [6, 6.07) is 8.81. The van der Waals surface area contributed by atoms with Crippen molar-refractivity contribution in [2.45, 2.75) is 33.1 Å². The van der Waals surface area contributed by atoms with Crippen molar-refractivity contribution in [1.29, 1.82) is 0 Å². The average Bonchev–Trinajstić information content (AvgIpc) is 2.96. The molecule has 1 nitrogen and oxygen atoms in total. The van der Waals surface area contributed by atoms with Crippen LogP contribution in [0, 0.1) is 12.8 Å². The highest BCUT2D eigenvalue weighted by molar-refractivity contribution is 6.08. The fourth-order valence-corrected chi connectivity index (χ4v) is 3.85. The first-order chi connectivity index (χ1) is 12.7. The van der Waals surface area contributed by atoms with Gasteiger partial charge in [-0.05, 0) is 55.4 Å². The lowest BCUT2D eigenvalue weighted by atomic mass is 9.83. The minimum absolute atomic E-state index is 0.307. The van der Waals surface area contributed by atoms with Gasteiger partial charge in [-0.2, -0.15) is 0 Å². The highest BCUT2D eigenvalue weighted by Crippen LogP contribution is 2.35. The zero-order valence-corrected chi connectivity index (χ0v) is 15.6. The Balaban J connectivity index is 1.47. The summed E-state index contributed by atoms with van der Waals surface area (Å²) in [6.45, 7) is 4.31. The van der Waals surface area contributed by atoms with Crippen molar-refractivity contribution in [3.05, 3.63) is 106 Å². The van der Waals surface area contributed by atoms with E-state index in [0.717, 1.165) is 19.3 Å². The van der Waals surface area contributed by atoms with E-state index in [0.29, 0.717) is 5.92 Å². The van der Waals surface area contributed by atoms with E-state index in [1.165, 1.54) is 39.1 Å². The predicted molar refractivity (Wildman–Crippen MR) is 111 cm³/mol. The van der Waals surface area contributed by atoms with E-state index in [1.807, 2.05) is 0 Å². The molecule has 2 aliphatic carbocycles. The van der Waals surface area contributed by atoms with Crippen LogP contribution in [-0.4, -0.2) is 5.71 Å². The van der Waals surface area contributed by atoms with Crippen LogP contribution in [0.4, 0.5) is 0 Å². The molecule has 26 heavy (non-hydrogen) atoms. The monoisotopic (exact) mass is 339 g/mol. The van der Waals surface area contributed by atoms with Gasteiger partial charge in [-0.1, -0.05) is 77.9 Å². The van der Waals surface area contributed by atoms with Crippen molar-refractivity contribution in [1.82, 2.24) is 0 Å². The van der Waals surface area contributed by atoms with Gasteiger partial charge >= 0.3 is 0 Å². The molecule has 0 saturated heterocycles. The molecule has 0 N–H and O–H groups in total. The minimum atomic E-state index is 0.307. The van der Waals surface area contributed by atoms with Gasteiger partial charge in [0.05, 0.1) is 5.71 Å². The summed E-state index contributed by atoms with van der Waals surface area (Å²) in [5, 5.41) is 0. The van der Waals surface area contributed by atoms with Crippen LogP contribution in [0.25, 0.3) is 0 Å². The molecule has 0 saturated carbocycles. The van der Waals surface area contributed by atoms with E-state index in [9.17, 15) is 0 Å². The molecule has 1 aromatic carbocycles. The van der Waals surface area contributed by atoms with E-state index < -0.39 is 0 Å². The number of benzene rings is 1. The molecule has 130 valence electrons. The maximum atomic E-state index is 4.82. The zero-order valence-electron chi connectivity index (χ0n) is 15.6. The highest BCUT2D eigenvalue weighted by atomic mass is 14.8. The molecule has 1 unspecified atom stereocenters. The lowest BCUT2D eigenvalue weighted by Gasteiger charge is -2.20. The maximum absolute atomic E-state index is 4.82. The molecule has 1 aromatic rings. The second-order valence-electron chi connectivity index (χ2n) is 7.32. The van der Waals surface area contributed by atoms with Crippen LogP contribution < -0.4 is 0 Å². The third-order valence-electron chi connectivity index (χ3n) is 5.30. The molecular formula is C25H25N. The Morgan fingerprint density at radius 2 is 2.00 bits per heavy atom. The van der Waals surface area contributed by atoms with Crippen molar-refractivity contribution in [2.75, 3.05) is 0 Å². The van der Waals surface area contributed by atoms with Crippen LogP contribution >= 0.6 is 0 Å². The van der Waals surface area contributed by atoms with E-state index in [-0.39, 0.29) is 0 Å². The Kier molecular flexibility index (Phi) is 4.71. The van der Waals surface area contributed by atoms with Gasteiger partial charge in [-0.15, -0.1) is 0 Å². The van der Waals surface area contributed by atoms with Gasteiger partial charge in [0.1, 0.15) is 0 Å². The lowest BCUT2D eigenvalue weighted by molar-refractivity contribution is 0.946. The molecule has 1 aliphatic heterocycles. The van der Waals surface area contributed by atoms with Crippen molar-refractivity contribution < 1.29 is 0 Å². The number of hydrogen-bond acceptors (Lipinski definition) is 1. The molecule has 1 heterocycles. The molecule has 0 radical (unpaired) electrons. The third-order valence-corrected chi connectivity index (χ3v) is 5.30. The second kappa shape index (κ2) is 7.29. The van der Waals surface area contributed by atoms with Crippen molar-refractivity contribution >= 4 is 5.71 Å². The Hall–Kier alpha value is -2.67. The molecule has 0 aromatic heterocycles. The minimum Gasteiger partial charge on any atom is -0.260 e. The van der Waals surface area contributed by atoms with Gasteiger partial charge in [-0.3, -0.25) is 4.99 Å². The van der Waals surface area contributed by atoms with Crippen LogP contribution in [0.1, 0.15) is 30.9 Å². The summed E-state index contributed by atoms with van der Waals surface area (Å²) in [6.07, 6.45) is 20.9. The zero-order chi connectivity index (χ0) is 17.9. The number of rotatable bonds is 4. The molecule has 4 rings (SSSR count). The van der Waals surface area contributed by atoms with Crippen molar-refractivity contribution in [3.8, 4) is 0 Å². The first kappa shape index (κ1) is 16.8. The fourth-order valence-electron chi connectivity index (χ4n) is 3.85. The van der Waals surface area contributed by atoms with Gasteiger partial charge in [0.25, 0.3) is 0 Å². The lowest BCUT2D eigenvalue weighted by Crippen LogP contribution is -2.17. The van der Waals surface area contributed by atoms with Gasteiger partial charge in [0.2, 0.25) is 0 Å². The van der Waals surface area contributed by atoms with Crippen molar-refractivity contribution in [3.63, 3.8) is 0 Å². The summed E-state index contributed by atoms with van der Waals surface area (Å²) in [5.41, 5.74) is 9.31. The largest absolute Gasteiger partial charge is 0.260 e. The smallest absolute Gasteiger partial charge is 0.0549 e. The number of nitrogens with zero attached hydrogens (tertiary/aromatic N) is 1. The maximum Gasteiger partial charge on any atom is 0.0549 e. The van der Waals surface area contributed by atoms with E-state index in [1.54, 1.807) is 0 Å². The Labute approximate surface area is 156 Å². The average molecular weight is 339 g/mol. The van der Waals surface area contributed by atoms with Crippen LogP contribution in [-0.2, 0) is 6.42 Å². The topological polar surface area (TPSA) is 12.4 Å². The van der Waals surface area contributed by atoms with Crippen molar-refractivity contribution in [2.24, 2.45) is 10.9 Å². The first-order valence-corrected chi connectivity index (χ1v) is 9.47. The van der Waals surface area contributed by atoms with Gasteiger partial charge in [-0.25, -0.2) is 0 Å². The molecular weight excluding hydrogens is 314 g/mol. The Morgan fingerprint density at radius 3 is 2.88 bits per heavy atom. The van der Waals surface area contributed by atoms with Crippen LogP contribution in [0.5, 0.6) is 0 Å². The van der Waals surface area contributed by atoms with E-state index in [2.05, 4.69) is 86.8 Å². The summed E-state index contributed by atoms with van der Waals surface area (Å²) in [7, 11) is 0. The fraction of sp³-hybridized carbons (Fsp3) is 0.240. The number of allylic oxidation sites excluding steroid dienone is 11. The number of aliphatic imine (C=N–C) groups is 1. The van der Waals surface area contributed by atoms with E-state index in [4.69, 9.17) is 4.99 Å². The highest BCUT2D eigenvalue weighted by Gasteiger charge is 2.28. The molecule has 0 spiro atoms. The first-order valence-electron chi connectivity index (χ1n) is 9.47. The summed E-state index contributed by atoms with van der Waals surface area (Å²) in [4.78, 5) is 4.82. The normalized spacial score (nSPS) is 21.3. The second-order valence-corrected chi connectivity index (χ2v) is 7.32. The van der Waals surface area contributed by atoms with E-state index >= 15 is 0 Å². The van der Waals surface area contributed by atoms with Crippen LogP contribution in [0.2, 0.25) is 0 Å². The Bertz CT molecular complexity index is 929. The van der Waals surface area contributed by atoms with Crippen LogP contribution in [0.3, 0.4) is 0 Å². The standard InChI is InChI=1S/C25H25N/c1-18-6-4-9-21(14-12-18)24-17-26-25-22(10-5-11-23(24)25)15-13-20-8-3-7-19(2)16-20/h3,5-12,14,16-17,23H,4,13,15H2,1-2H3.